The molecule has 1 heterocycles. The molecule has 0 spiro atoms. The summed E-state index contributed by atoms with van der Waals surface area (Å²) in [4.78, 5) is 25.3. The normalized spacial score (nSPS) is 9.96. The molecule has 1 aromatic heterocycles. The number of aryl methyl sites for hydroxylation is 1. The summed E-state index contributed by atoms with van der Waals surface area (Å²) in [5.74, 6) is 0.108. The van der Waals surface area contributed by atoms with E-state index in [0.717, 1.165) is 11.1 Å². The van der Waals surface area contributed by atoms with E-state index >= 15 is 0 Å². The van der Waals surface area contributed by atoms with E-state index < -0.39 is 0 Å². The SMILES string of the molecule is Cc1ccc(CC(=O)c2cccnc2)cc1.O=C/C(Cl)=C/Cl.[B]. The first-order valence-electron chi connectivity index (χ1n) is 6.46. The number of Topliss-reactive ketones (excluding diaryl/α,β-unsaturated/α-hetero) is 1. The number of ketones is 1. The van der Waals surface area contributed by atoms with E-state index in [1.807, 2.05) is 31.2 Å². The number of nitrogens with zero attached hydrogens (tertiary/aromatic N) is 1. The van der Waals surface area contributed by atoms with Gasteiger partial charge in [0.15, 0.2) is 12.1 Å². The largest absolute Gasteiger partial charge is 0.297 e. The zero-order valence-corrected chi connectivity index (χ0v) is 14.1. The van der Waals surface area contributed by atoms with Crippen molar-refractivity contribution in [1.82, 2.24) is 4.98 Å². The van der Waals surface area contributed by atoms with Crippen LogP contribution in [0.25, 0.3) is 0 Å². The average molecular weight is 347 g/mol. The van der Waals surface area contributed by atoms with Crippen molar-refractivity contribution in [2.45, 2.75) is 13.3 Å². The van der Waals surface area contributed by atoms with Crippen molar-refractivity contribution in [2.75, 3.05) is 0 Å². The van der Waals surface area contributed by atoms with Crippen LogP contribution in [0.15, 0.2) is 59.4 Å². The predicted molar refractivity (Wildman–Crippen MR) is 95.1 cm³/mol. The highest BCUT2D eigenvalue weighted by Gasteiger charge is 2.06. The van der Waals surface area contributed by atoms with Gasteiger partial charge in [0.1, 0.15) is 0 Å². The molecule has 0 aliphatic carbocycles. The number of halogens is 2. The van der Waals surface area contributed by atoms with E-state index in [1.54, 1.807) is 24.5 Å². The van der Waals surface area contributed by atoms with Crippen LogP contribution in [0.1, 0.15) is 21.5 Å². The zero-order chi connectivity index (χ0) is 16.4. The lowest BCUT2D eigenvalue weighted by Crippen LogP contribution is -2.03. The van der Waals surface area contributed by atoms with E-state index in [4.69, 9.17) is 23.2 Å². The summed E-state index contributed by atoms with van der Waals surface area (Å²) < 4.78 is 0. The lowest BCUT2D eigenvalue weighted by Gasteiger charge is -2.01. The molecule has 0 bridgehead atoms. The van der Waals surface area contributed by atoms with Gasteiger partial charge in [-0.3, -0.25) is 14.6 Å². The summed E-state index contributed by atoms with van der Waals surface area (Å²) in [6, 6.07) is 11.6. The van der Waals surface area contributed by atoms with Crippen molar-refractivity contribution in [1.29, 1.82) is 0 Å². The number of aldehydes is 1. The molecule has 0 atom stereocenters. The van der Waals surface area contributed by atoms with Gasteiger partial charge in [-0.2, -0.15) is 0 Å². The van der Waals surface area contributed by atoms with Gasteiger partial charge in [-0.05, 0) is 24.6 Å². The second-order valence-electron chi connectivity index (χ2n) is 4.44. The second kappa shape index (κ2) is 11.6. The van der Waals surface area contributed by atoms with Gasteiger partial charge in [-0.15, -0.1) is 0 Å². The van der Waals surface area contributed by atoms with Crippen LogP contribution in [-0.2, 0) is 11.2 Å². The van der Waals surface area contributed by atoms with Gasteiger partial charge in [0.2, 0.25) is 0 Å². The number of carbonyl (C=O) groups excluding carboxylic acids is 2. The van der Waals surface area contributed by atoms with Crippen LogP contribution in [0.5, 0.6) is 0 Å². The molecule has 0 unspecified atom stereocenters. The lowest BCUT2D eigenvalue weighted by atomic mass is 10.0. The minimum absolute atomic E-state index is 0. The standard InChI is InChI=1S/C14H13NO.C3H2Cl2O.B/c1-11-4-6-12(7-5-11)9-14(16)13-3-2-8-15-10-13;4-1-3(5)2-6;/h2-8,10H,9H2,1H3;1-2H;/b;3-1-;. The summed E-state index contributed by atoms with van der Waals surface area (Å²) in [5, 5.41) is 0.0247. The van der Waals surface area contributed by atoms with Gasteiger partial charge in [-0.1, -0.05) is 53.0 Å². The number of pyridine rings is 1. The smallest absolute Gasteiger partial charge is 0.168 e. The maximum Gasteiger partial charge on any atom is 0.168 e. The van der Waals surface area contributed by atoms with Crippen LogP contribution >= 0.6 is 23.2 Å². The van der Waals surface area contributed by atoms with Crippen molar-refractivity contribution in [2.24, 2.45) is 0 Å². The number of benzene rings is 1. The Kier molecular flexibility index (Phi) is 10.7. The van der Waals surface area contributed by atoms with Gasteiger partial charge in [0.25, 0.3) is 0 Å². The molecule has 2 aromatic rings. The Hall–Kier alpha value is -1.91. The highest BCUT2D eigenvalue weighted by Crippen LogP contribution is 2.08. The molecule has 0 saturated heterocycles. The summed E-state index contributed by atoms with van der Waals surface area (Å²) in [6.45, 7) is 2.03. The summed E-state index contributed by atoms with van der Waals surface area (Å²) in [6.07, 6.45) is 4.18. The Morgan fingerprint density at radius 1 is 1.22 bits per heavy atom. The molecule has 117 valence electrons. The maximum absolute atomic E-state index is 11.9. The summed E-state index contributed by atoms with van der Waals surface area (Å²) in [7, 11) is 0. The average Bonchev–Trinajstić information content (AvgIpc) is 2.57. The maximum atomic E-state index is 11.9. The van der Waals surface area contributed by atoms with Crippen molar-refractivity contribution in [3.63, 3.8) is 0 Å². The molecule has 0 N–H and O–H groups in total. The van der Waals surface area contributed by atoms with E-state index in [1.165, 1.54) is 5.56 Å². The first-order chi connectivity index (χ1) is 10.6. The van der Waals surface area contributed by atoms with Crippen molar-refractivity contribution >= 4 is 43.7 Å². The summed E-state index contributed by atoms with van der Waals surface area (Å²) in [5.41, 5.74) is 3.93. The van der Waals surface area contributed by atoms with Crippen molar-refractivity contribution in [3.8, 4) is 0 Å². The van der Waals surface area contributed by atoms with Gasteiger partial charge in [0.05, 0.1) is 5.03 Å². The molecule has 2 rings (SSSR count). The second-order valence-corrected chi connectivity index (χ2v) is 5.09. The Morgan fingerprint density at radius 3 is 2.30 bits per heavy atom. The third kappa shape index (κ3) is 8.34. The number of aromatic nitrogens is 1. The Labute approximate surface area is 147 Å². The van der Waals surface area contributed by atoms with Crippen molar-refractivity contribution < 1.29 is 9.59 Å². The van der Waals surface area contributed by atoms with E-state index in [-0.39, 0.29) is 19.2 Å². The molecule has 0 aliphatic rings. The van der Waals surface area contributed by atoms with Gasteiger partial charge in [0, 0.05) is 38.3 Å². The van der Waals surface area contributed by atoms with E-state index in [2.05, 4.69) is 4.98 Å². The molecule has 0 fully saturated rings. The fourth-order valence-electron chi connectivity index (χ4n) is 1.55. The molecular formula is C17H15BCl2NO2. The Bertz CT molecular complexity index is 643. The van der Waals surface area contributed by atoms with Crippen molar-refractivity contribution in [3.05, 3.63) is 76.0 Å². The fourth-order valence-corrected chi connectivity index (χ4v) is 1.60. The minimum Gasteiger partial charge on any atom is -0.297 e. The molecule has 0 amide bonds. The van der Waals surface area contributed by atoms with E-state index in [0.29, 0.717) is 18.3 Å². The van der Waals surface area contributed by atoms with E-state index in [9.17, 15) is 9.59 Å². The quantitative estimate of drug-likeness (QED) is 0.364. The van der Waals surface area contributed by atoms with Crippen LogP contribution < -0.4 is 0 Å². The number of rotatable bonds is 4. The molecule has 3 radical (unpaired) electrons. The molecule has 0 aliphatic heterocycles. The Balaban J connectivity index is 0.000000599. The van der Waals surface area contributed by atoms with Crippen LogP contribution in [0.2, 0.25) is 0 Å². The molecule has 23 heavy (non-hydrogen) atoms. The van der Waals surface area contributed by atoms with Gasteiger partial charge in [-0.25, -0.2) is 0 Å². The first kappa shape index (κ1) is 21.1. The number of allylic oxidation sites excluding steroid dienone is 1. The Morgan fingerprint density at radius 2 is 1.87 bits per heavy atom. The third-order valence-electron chi connectivity index (χ3n) is 2.69. The van der Waals surface area contributed by atoms with Crippen LogP contribution in [-0.4, -0.2) is 25.5 Å². The topological polar surface area (TPSA) is 47.0 Å². The number of hydrogen-bond donors (Lipinski definition) is 0. The highest BCUT2D eigenvalue weighted by molar-refractivity contribution is 6.43. The minimum atomic E-state index is 0. The van der Waals surface area contributed by atoms with Crippen LogP contribution in [0, 0.1) is 6.92 Å². The summed E-state index contributed by atoms with van der Waals surface area (Å²) >= 11 is 9.94. The van der Waals surface area contributed by atoms with Gasteiger partial charge < -0.3 is 0 Å². The molecule has 6 heteroatoms. The number of carbonyl (C=O) groups is 2. The predicted octanol–water partition coefficient (Wildman–Crippen LogP) is 3.94. The van der Waals surface area contributed by atoms with Crippen LogP contribution in [0.3, 0.4) is 0 Å². The zero-order valence-electron chi connectivity index (χ0n) is 12.6. The monoisotopic (exact) mass is 346 g/mol. The van der Waals surface area contributed by atoms with Crippen LogP contribution in [0.4, 0.5) is 0 Å². The molecule has 1 aromatic carbocycles. The molecule has 3 nitrogen and oxygen atoms in total. The van der Waals surface area contributed by atoms with Gasteiger partial charge >= 0.3 is 0 Å². The highest BCUT2D eigenvalue weighted by atomic mass is 35.5. The molecular weight excluding hydrogens is 332 g/mol. The molecule has 0 saturated carbocycles. The fraction of sp³-hybridized carbons (Fsp3) is 0.118. The first-order valence-corrected chi connectivity index (χ1v) is 7.28. The number of hydrogen-bond acceptors (Lipinski definition) is 3. The lowest BCUT2D eigenvalue weighted by molar-refractivity contribution is -0.104. The third-order valence-corrected chi connectivity index (χ3v) is 3.23.